The average Bonchev–Trinajstić information content (AvgIpc) is 3.92. The highest BCUT2D eigenvalue weighted by molar-refractivity contribution is 6.06. The smallest absolute Gasteiger partial charge is 0.433 e. The Morgan fingerprint density at radius 2 is 1.09 bits per heavy atom. The Kier molecular flexibility index (Phi) is 13.9. The quantitative estimate of drug-likeness (QED) is 0.124. The van der Waals surface area contributed by atoms with Crippen molar-refractivity contribution >= 4 is 51.1 Å². The van der Waals surface area contributed by atoms with E-state index in [1.165, 1.54) is 26.4 Å². The van der Waals surface area contributed by atoms with Crippen molar-refractivity contribution in [3.05, 3.63) is 95.8 Å². The fraction of sp³-hybridized carbons (Fsp3) is 0.400. The van der Waals surface area contributed by atoms with Crippen LogP contribution in [0.3, 0.4) is 0 Å². The van der Waals surface area contributed by atoms with Crippen LogP contribution in [0.1, 0.15) is 90.9 Å². The summed E-state index contributed by atoms with van der Waals surface area (Å²) in [6.45, 7) is 8.40. The van der Waals surface area contributed by atoms with Crippen LogP contribution in [0.4, 0.5) is 42.5 Å². The second-order valence-electron chi connectivity index (χ2n) is 16.8. The van der Waals surface area contributed by atoms with Crippen LogP contribution in [-0.2, 0) is 17.1 Å². The molecule has 0 unspecified atom stereocenters. The lowest BCUT2D eigenvalue weighted by Gasteiger charge is -2.33. The van der Waals surface area contributed by atoms with Crippen molar-refractivity contribution in [3.8, 4) is 11.5 Å². The third kappa shape index (κ3) is 11.7. The Morgan fingerprint density at radius 3 is 1.49 bits per heavy atom. The number of hydrogen-bond acceptors (Lipinski definition) is 11. The topological polar surface area (TPSA) is 180 Å². The molecule has 2 aliphatic rings. The standard InChI is InChI=1S/C25H28F3N5O4.C20H20F3N5O2/c1-24(2,3)37-23(35)32-10-8-16(9-11-32)33-14-15-12-19(20(36-4)13-18(15)31-33)30-22(34)17-6-5-7-21(29-17)25(26,27)28;1-30-17-10-15-12(11-28(27-15)13-5-7-24-8-6-13)9-16(17)26-19(29)14-3-2-4-18(25-14)20(21,22)23/h5-7,12-14,16H,8-11H2,1-4H3,(H,30,34);2-4,9-11,13,24H,5-8H2,1H3,(H,26,29). The number of carbonyl (C=O) groups excluding carboxylic acids is 3. The first kappa shape index (κ1) is 48.0. The van der Waals surface area contributed by atoms with E-state index < -0.39 is 41.2 Å². The number of nitrogens with zero attached hydrogens (tertiary/aromatic N) is 7. The molecule has 356 valence electrons. The molecule has 4 aromatic heterocycles. The first-order valence-electron chi connectivity index (χ1n) is 21.2. The van der Waals surface area contributed by atoms with E-state index in [0.29, 0.717) is 59.5 Å². The number of benzene rings is 2. The molecular formula is C45H48F6N10O6. The van der Waals surface area contributed by atoms with Gasteiger partial charge in [0.2, 0.25) is 0 Å². The van der Waals surface area contributed by atoms with Gasteiger partial charge in [-0.3, -0.25) is 19.0 Å². The summed E-state index contributed by atoms with van der Waals surface area (Å²) in [5.74, 6) is -0.897. The van der Waals surface area contributed by atoms with Crippen LogP contribution in [0.15, 0.2) is 73.1 Å². The molecule has 8 rings (SSSR count). The summed E-state index contributed by atoms with van der Waals surface area (Å²) < 4.78 is 97.5. The van der Waals surface area contributed by atoms with E-state index >= 15 is 0 Å². The number of halogens is 6. The predicted molar refractivity (Wildman–Crippen MR) is 234 cm³/mol. The lowest BCUT2D eigenvalue weighted by molar-refractivity contribution is -0.142. The Hall–Kier alpha value is -6.97. The van der Waals surface area contributed by atoms with Crippen molar-refractivity contribution in [3.63, 3.8) is 0 Å². The first-order chi connectivity index (χ1) is 31.7. The number of alkyl halides is 6. The zero-order valence-corrected chi connectivity index (χ0v) is 37.1. The molecule has 0 bridgehead atoms. The normalized spacial score (nSPS) is 15.2. The van der Waals surface area contributed by atoms with Gasteiger partial charge in [0.1, 0.15) is 39.9 Å². The third-order valence-corrected chi connectivity index (χ3v) is 10.9. The number of fused-ring (bicyclic) bond motifs is 2. The van der Waals surface area contributed by atoms with E-state index in [2.05, 4.69) is 36.1 Å². The van der Waals surface area contributed by atoms with Crippen LogP contribution in [0, 0.1) is 0 Å². The monoisotopic (exact) mass is 938 g/mol. The van der Waals surface area contributed by atoms with Crippen molar-refractivity contribution in [1.29, 1.82) is 0 Å². The Balaban J connectivity index is 0.000000203. The van der Waals surface area contributed by atoms with Crippen LogP contribution in [0.5, 0.6) is 11.5 Å². The first-order valence-corrected chi connectivity index (χ1v) is 21.2. The summed E-state index contributed by atoms with van der Waals surface area (Å²) in [7, 11) is 2.87. The molecule has 3 N–H and O–H groups in total. The molecule has 2 aliphatic heterocycles. The summed E-state index contributed by atoms with van der Waals surface area (Å²) >= 11 is 0. The maximum Gasteiger partial charge on any atom is 0.433 e. The van der Waals surface area contributed by atoms with Crippen LogP contribution in [-0.4, -0.2) is 98.3 Å². The number of likely N-dealkylation sites (tertiary alicyclic amines) is 1. The molecule has 67 heavy (non-hydrogen) atoms. The van der Waals surface area contributed by atoms with Gasteiger partial charge in [0, 0.05) is 48.4 Å². The zero-order chi connectivity index (χ0) is 48.3. The Labute approximate surface area is 380 Å². The summed E-state index contributed by atoms with van der Waals surface area (Å²) in [5.41, 5.74) is -1.60. The van der Waals surface area contributed by atoms with E-state index in [0.717, 1.165) is 55.6 Å². The second kappa shape index (κ2) is 19.5. The highest BCUT2D eigenvalue weighted by Gasteiger charge is 2.34. The van der Waals surface area contributed by atoms with Gasteiger partial charge >= 0.3 is 18.4 Å². The fourth-order valence-corrected chi connectivity index (χ4v) is 7.57. The number of carbonyl (C=O) groups is 3. The van der Waals surface area contributed by atoms with Gasteiger partial charge < -0.3 is 35.1 Å². The van der Waals surface area contributed by atoms with Gasteiger partial charge in [0.15, 0.2) is 0 Å². The van der Waals surface area contributed by atoms with Crippen LogP contribution < -0.4 is 25.4 Å². The van der Waals surface area contributed by atoms with Gasteiger partial charge in [-0.2, -0.15) is 36.5 Å². The van der Waals surface area contributed by atoms with Gasteiger partial charge in [0.25, 0.3) is 11.8 Å². The summed E-state index contributed by atoms with van der Waals surface area (Å²) in [6, 6.07) is 13.4. The number of anilines is 2. The summed E-state index contributed by atoms with van der Waals surface area (Å²) in [4.78, 5) is 46.1. The molecule has 3 amide bonds. The molecule has 0 atom stereocenters. The molecule has 6 heterocycles. The van der Waals surface area contributed by atoms with Crippen molar-refractivity contribution in [2.24, 2.45) is 0 Å². The number of ether oxygens (including phenoxy) is 3. The number of pyridine rings is 2. The highest BCUT2D eigenvalue weighted by Crippen LogP contribution is 2.35. The van der Waals surface area contributed by atoms with E-state index in [4.69, 9.17) is 14.2 Å². The Bertz CT molecular complexity index is 2750. The number of aromatic nitrogens is 6. The van der Waals surface area contributed by atoms with Crippen LogP contribution in [0.2, 0.25) is 0 Å². The minimum Gasteiger partial charge on any atom is -0.494 e. The predicted octanol–water partition coefficient (Wildman–Crippen LogP) is 8.92. The van der Waals surface area contributed by atoms with E-state index in [1.807, 2.05) is 42.5 Å². The molecule has 16 nitrogen and oxygen atoms in total. The molecule has 0 spiro atoms. The molecule has 0 aliphatic carbocycles. The van der Waals surface area contributed by atoms with Crippen molar-refractivity contribution in [1.82, 2.24) is 39.7 Å². The lowest BCUT2D eigenvalue weighted by Crippen LogP contribution is -2.42. The summed E-state index contributed by atoms with van der Waals surface area (Å²) in [6.07, 6.45) is -2.57. The lowest BCUT2D eigenvalue weighted by atomic mass is 10.1. The SMILES string of the molecule is COc1cc2nn(C3CCN(C(=O)OC(C)(C)C)CC3)cc2cc1NC(=O)c1cccc(C(F)(F)F)n1.COc1cc2nn(C3CCNCC3)cc2cc1NC(=O)c1cccc(C(F)(F)F)n1. The van der Waals surface area contributed by atoms with Crippen molar-refractivity contribution < 1.29 is 54.9 Å². The minimum absolute atomic E-state index is 0.0597. The molecule has 22 heteroatoms. The van der Waals surface area contributed by atoms with Crippen molar-refractivity contribution in [2.45, 2.75) is 76.5 Å². The molecule has 2 aromatic carbocycles. The number of rotatable bonds is 8. The van der Waals surface area contributed by atoms with E-state index in [9.17, 15) is 40.7 Å². The van der Waals surface area contributed by atoms with Crippen LogP contribution in [0.25, 0.3) is 21.8 Å². The van der Waals surface area contributed by atoms with Gasteiger partial charge in [-0.25, -0.2) is 14.8 Å². The molecule has 0 radical (unpaired) electrons. The van der Waals surface area contributed by atoms with Gasteiger partial charge in [-0.15, -0.1) is 0 Å². The second-order valence-corrected chi connectivity index (χ2v) is 16.8. The fourth-order valence-electron chi connectivity index (χ4n) is 7.57. The minimum atomic E-state index is -4.66. The maximum absolute atomic E-state index is 13.0. The molecule has 2 saturated heterocycles. The number of piperidine rings is 2. The van der Waals surface area contributed by atoms with Gasteiger partial charge in [-0.05, 0) is 95.9 Å². The van der Waals surface area contributed by atoms with E-state index in [1.54, 1.807) is 29.2 Å². The molecule has 6 aromatic rings. The Morgan fingerprint density at radius 1 is 0.657 bits per heavy atom. The number of nitrogens with one attached hydrogen (secondary N) is 3. The third-order valence-electron chi connectivity index (χ3n) is 10.9. The zero-order valence-electron chi connectivity index (χ0n) is 37.1. The summed E-state index contributed by atoms with van der Waals surface area (Å²) in [5, 5.41) is 19.3. The molecule has 0 saturated carbocycles. The average molecular weight is 939 g/mol. The van der Waals surface area contributed by atoms with Gasteiger partial charge in [0.05, 0.1) is 48.7 Å². The number of methoxy groups -OCH3 is 2. The largest absolute Gasteiger partial charge is 0.494 e. The van der Waals surface area contributed by atoms with Gasteiger partial charge in [-0.1, -0.05) is 12.1 Å². The molecule has 2 fully saturated rings. The van der Waals surface area contributed by atoms with Crippen molar-refractivity contribution in [2.75, 3.05) is 51.0 Å². The number of amides is 3. The van der Waals surface area contributed by atoms with Crippen LogP contribution >= 0.6 is 0 Å². The highest BCUT2D eigenvalue weighted by atomic mass is 19.4. The maximum atomic E-state index is 13.0. The number of hydrogen-bond donors (Lipinski definition) is 3. The van der Waals surface area contributed by atoms with E-state index in [-0.39, 0.29) is 35.3 Å². The molecular weight excluding hydrogens is 891 g/mol.